The van der Waals surface area contributed by atoms with Crippen LogP contribution in [0.5, 0.6) is 0 Å². The summed E-state index contributed by atoms with van der Waals surface area (Å²) in [7, 11) is 0. The number of carboxylic acids is 1. The molecule has 102 valence electrons. The Kier molecular flexibility index (Phi) is 3.10. The average Bonchev–Trinajstić information content (AvgIpc) is 3.02. The number of fused-ring (bicyclic) bond motifs is 1. The van der Waals surface area contributed by atoms with Crippen molar-refractivity contribution in [1.82, 2.24) is 0 Å². The van der Waals surface area contributed by atoms with Gasteiger partial charge < -0.3 is 14.4 Å². The van der Waals surface area contributed by atoms with Crippen LogP contribution in [0.15, 0.2) is 45.5 Å². The second kappa shape index (κ2) is 4.79. The van der Waals surface area contributed by atoms with Gasteiger partial charge in [-0.05, 0) is 39.7 Å². The third-order valence-corrected chi connectivity index (χ3v) is 3.72. The number of amides is 1. The molecule has 3 rings (SSSR count). The van der Waals surface area contributed by atoms with E-state index >= 15 is 0 Å². The van der Waals surface area contributed by atoms with Gasteiger partial charge in [-0.3, -0.25) is 9.59 Å². The molecule has 2 aromatic rings. The molecule has 5 nitrogen and oxygen atoms in total. The Morgan fingerprint density at radius 1 is 1.25 bits per heavy atom. The van der Waals surface area contributed by atoms with Gasteiger partial charge in [0.25, 0.3) is 5.91 Å². The molecule has 0 radical (unpaired) electrons. The topological polar surface area (TPSA) is 70.8 Å². The van der Waals surface area contributed by atoms with Crippen molar-refractivity contribution in [2.75, 3.05) is 11.4 Å². The van der Waals surface area contributed by atoms with Gasteiger partial charge in [-0.2, -0.15) is 0 Å². The molecule has 20 heavy (non-hydrogen) atoms. The minimum Gasteiger partial charge on any atom is -0.481 e. The van der Waals surface area contributed by atoms with Gasteiger partial charge in [0.15, 0.2) is 10.4 Å². The van der Waals surface area contributed by atoms with E-state index in [-0.39, 0.29) is 18.2 Å². The lowest BCUT2D eigenvalue weighted by Gasteiger charge is -2.15. The lowest BCUT2D eigenvalue weighted by Crippen LogP contribution is -2.30. The van der Waals surface area contributed by atoms with Crippen molar-refractivity contribution >= 4 is 33.5 Å². The van der Waals surface area contributed by atoms with E-state index in [1.54, 1.807) is 36.4 Å². The fourth-order valence-corrected chi connectivity index (χ4v) is 2.68. The molecule has 6 heteroatoms. The second-order valence-electron chi connectivity index (χ2n) is 4.47. The molecule has 0 fully saturated rings. The van der Waals surface area contributed by atoms with Gasteiger partial charge in [-0.15, -0.1) is 0 Å². The van der Waals surface area contributed by atoms with Gasteiger partial charge in [-0.25, -0.2) is 0 Å². The number of hydrogen-bond acceptors (Lipinski definition) is 3. The molecule has 0 bridgehead atoms. The summed E-state index contributed by atoms with van der Waals surface area (Å²) in [5, 5.41) is 9.27. The maximum Gasteiger partial charge on any atom is 0.312 e. The maximum absolute atomic E-state index is 12.4. The molecule has 1 amide bonds. The molecule has 2 heterocycles. The van der Waals surface area contributed by atoms with Gasteiger partial charge in [-0.1, -0.05) is 18.2 Å². The Morgan fingerprint density at radius 3 is 2.65 bits per heavy atom. The number of para-hydroxylation sites is 1. The van der Waals surface area contributed by atoms with Crippen molar-refractivity contribution in [3.05, 3.63) is 52.4 Å². The fraction of sp³-hybridized carbons (Fsp3) is 0.143. The number of anilines is 1. The Balaban J connectivity index is 2.00. The van der Waals surface area contributed by atoms with E-state index in [9.17, 15) is 14.7 Å². The summed E-state index contributed by atoms with van der Waals surface area (Å²) in [5.74, 6) is -1.80. The minimum atomic E-state index is -0.937. The van der Waals surface area contributed by atoms with Crippen LogP contribution in [-0.4, -0.2) is 23.5 Å². The van der Waals surface area contributed by atoms with Crippen LogP contribution in [0.2, 0.25) is 0 Å². The molecule has 1 aromatic carbocycles. The molecule has 0 spiro atoms. The number of carboxylic acid groups (broad SMARTS) is 1. The lowest BCUT2D eigenvalue weighted by molar-refractivity contribution is -0.138. The Morgan fingerprint density at radius 2 is 2.00 bits per heavy atom. The molecule has 1 aliphatic rings. The highest BCUT2D eigenvalue weighted by molar-refractivity contribution is 9.10. The fourth-order valence-electron chi connectivity index (χ4n) is 2.37. The largest absolute Gasteiger partial charge is 0.481 e. The number of rotatable bonds is 2. The maximum atomic E-state index is 12.4. The standard InChI is InChI=1S/C14H10BrNO4/c15-12-6-5-11(20-12)13(17)16-7-9(14(18)19)8-3-1-2-4-10(8)16/h1-6,9H,7H2,(H,18,19)/t9-/m1/s1. The first-order chi connectivity index (χ1) is 9.58. The van der Waals surface area contributed by atoms with Crippen LogP contribution in [0, 0.1) is 0 Å². The van der Waals surface area contributed by atoms with Crippen molar-refractivity contribution in [2.24, 2.45) is 0 Å². The summed E-state index contributed by atoms with van der Waals surface area (Å²) in [6.07, 6.45) is 0. The van der Waals surface area contributed by atoms with Gasteiger partial charge in [0.1, 0.15) is 5.92 Å². The predicted molar refractivity (Wildman–Crippen MR) is 74.9 cm³/mol. The first-order valence-electron chi connectivity index (χ1n) is 5.97. The first-order valence-corrected chi connectivity index (χ1v) is 6.76. The van der Waals surface area contributed by atoms with E-state index < -0.39 is 11.9 Å². The molecule has 0 saturated carbocycles. The Hall–Kier alpha value is -2.08. The monoisotopic (exact) mass is 335 g/mol. The van der Waals surface area contributed by atoms with Gasteiger partial charge in [0, 0.05) is 12.2 Å². The third kappa shape index (κ3) is 2.02. The third-order valence-electron chi connectivity index (χ3n) is 3.30. The van der Waals surface area contributed by atoms with E-state index in [0.717, 1.165) is 0 Å². The smallest absolute Gasteiger partial charge is 0.312 e. The van der Waals surface area contributed by atoms with Gasteiger partial charge in [0.05, 0.1) is 0 Å². The summed E-state index contributed by atoms with van der Waals surface area (Å²) >= 11 is 3.14. The number of aliphatic carboxylic acids is 1. The molecule has 1 aliphatic heterocycles. The summed E-state index contributed by atoms with van der Waals surface area (Å²) < 4.78 is 5.71. The SMILES string of the molecule is O=C(O)[C@@H]1CN(C(=O)c2ccc(Br)o2)c2ccccc21. The normalized spacial score (nSPS) is 17.1. The molecule has 0 unspecified atom stereocenters. The molecule has 1 aromatic heterocycles. The zero-order chi connectivity index (χ0) is 14.3. The van der Waals surface area contributed by atoms with Gasteiger partial charge >= 0.3 is 5.97 Å². The number of hydrogen-bond donors (Lipinski definition) is 1. The first kappa shape index (κ1) is 12.9. The van der Waals surface area contributed by atoms with E-state index in [1.807, 2.05) is 0 Å². The summed E-state index contributed by atoms with van der Waals surface area (Å²) in [6, 6.07) is 10.2. The highest BCUT2D eigenvalue weighted by atomic mass is 79.9. The van der Waals surface area contributed by atoms with Crippen molar-refractivity contribution in [3.8, 4) is 0 Å². The number of benzene rings is 1. The zero-order valence-electron chi connectivity index (χ0n) is 10.2. The van der Waals surface area contributed by atoms with Crippen LogP contribution < -0.4 is 4.90 Å². The predicted octanol–water partition coefficient (Wildman–Crippen LogP) is 2.87. The molecular weight excluding hydrogens is 326 g/mol. The highest BCUT2D eigenvalue weighted by Gasteiger charge is 2.37. The number of carbonyl (C=O) groups excluding carboxylic acids is 1. The summed E-state index contributed by atoms with van der Waals surface area (Å²) in [4.78, 5) is 25.2. The second-order valence-corrected chi connectivity index (χ2v) is 5.25. The van der Waals surface area contributed by atoms with E-state index in [4.69, 9.17) is 4.42 Å². The van der Waals surface area contributed by atoms with E-state index in [1.165, 1.54) is 4.90 Å². The summed E-state index contributed by atoms with van der Waals surface area (Å²) in [5.41, 5.74) is 1.27. The van der Waals surface area contributed by atoms with Crippen LogP contribution in [0.1, 0.15) is 22.0 Å². The summed E-state index contributed by atoms with van der Waals surface area (Å²) in [6.45, 7) is 0.117. The quantitative estimate of drug-likeness (QED) is 0.915. The van der Waals surface area contributed by atoms with Crippen LogP contribution in [0.3, 0.4) is 0 Å². The Bertz CT molecular complexity index is 694. The van der Waals surface area contributed by atoms with Gasteiger partial charge in [0.2, 0.25) is 0 Å². The van der Waals surface area contributed by atoms with Crippen molar-refractivity contribution in [3.63, 3.8) is 0 Å². The number of halogens is 1. The molecule has 1 atom stereocenters. The average molecular weight is 336 g/mol. The zero-order valence-corrected chi connectivity index (χ0v) is 11.8. The molecule has 0 aliphatic carbocycles. The molecular formula is C14H10BrNO4. The highest BCUT2D eigenvalue weighted by Crippen LogP contribution is 2.37. The van der Waals surface area contributed by atoms with E-state index in [0.29, 0.717) is 15.9 Å². The van der Waals surface area contributed by atoms with E-state index in [2.05, 4.69) is 15.9 Å². The minimum absolute atomic E-state index is 0.117. The Labute approximate surface area is 122 Å². The van der Waals surface area contributed by atoms with Crippen LogP contribution in [0.4, 0.5) is 5.69 Å². The van der Waals surface area contributed by atoms with Crippen LogP contribution in [0.25, 0.3) is 0 Å². The number of carbonyl (C=O) groups is 2. The van der Waals surface area contributed by atoms with Crippen molar-refractivity contribution < 1.29 is 19.1 Å². The van der Waals surface area contributed by atoms with Crippen LogP contribution in [-0.2, 0) is 4.79 Å². The number of nitrogens with zero attached hydrogens (tertiary/aromatic N) is 1. The van der Waals surface area contributed by atoms with Crippen molar-refractivity contribution in [2.45, 2.75) is 5.92 Å². The lowest BCUT2D eigenvalue weighted by atomic mass is 10.0. The molecule has 1 N–H and O–H groups in total. The van der Waals surface area contributed by atoms with Crippen molar-refractivity contribution in [1.29, 1.82) is 0 Å². The molecule has 0 saturated heterocycles. The van der Waals surface area contributed by atoms with Crippen LogP contribution >= 0.6 is 15.9 Å². The number of furan rings is 1.